The Morgan fingerprint density at radius 3 is 2.52 bits per heavy atom. The minimum absolute atomic E-state index is 0.112. The van der Waals surface area contributed by atoms with Crippen molar-refractivity contribution < 1.29 is 22.1 Å². The number of aromatic nitrogens is 2. The minimum Gasteiger partial charge on any atom is -0.361 e. The molecule has 0 radical (unpaired) electrons. The van der Waals surface area contributed by atoms with E-state index in [0.29, 0.717) is 35.3 Å². The molecule has 0 fully saturated rings. The van der Waals surface area contributed by atoms with Crippen LogP contribution in [0.4, 0.5) is 4.39 Å². The van der Waals surface area contributed by atoms with Gasteiger partial charge < -0.3 is 9.30 Å². The van der Waals surface area contributed by atoms with Gasteiger partial charge in [-0.15, -0.1) is 0 Å². The summed E-state index contributed by atoms with van der Waals surface area (Å²) in [5, 5.41) is 0. The molecule has 6 nitrogen and oxygen atoms in total. The average molecular weight is 445 g/mol. The fraction of sp³-hybridized carbons (Fsp3) is 0.650. The molecule has 0 saturated carbocycles. The molecule has 0 aromatic carbocycles. The van der Waals surface area contributed by atoms with Gasteiger partial charge in [0.2, 0.25) is 0 Å². The van der Waals surface area contributed by atoms with Crippen LogP contribution >= 0.6 is 0 Å². The Bertz CT molecular complexity index is 965. The quantitative estimate of drug-likeness (QED) is 0.333. The molecule has 0 unspecified atom stereocenters. The summed E-state index contributed by atoms with van der Waals surface area (Å²) in [7, 11) is -5.38. The Balaban J connectivity index is 2.52. The lowest BCUT2D eigenvalue weighted by atomic mass is 10.0. The third-order valence-electron chi connectivity index (χ3n) is 4.92. The lowest BCUT2D eigenvalue weighted by molar-refractivity contribution is 0.0883. The van der Waals surface area contributed by atoms with Crippen LogP contribution in [-0.4, -0.2) is 43.0 Å². The first kappa shape index (κ1) is 24.0. The summed E-state index contributed by atoms with van der Waals surface area (Å²) < 4.78 is 54.3. The Morgan fingerprint density at radius 2 is 1.97 bits per heavy atom. The van der Waals surface area contributed by atoms with Gasteiger partial charge in [0.25, 0.3) is 10.1 Å². The molecule has 29 heavy (non-hydrogen) atoms. The summed E-state index contributed by atoms with van der Waals surface area (Å²) in [6.07, 6.45) is 1.89. The summed E-state index contributed by atoms with van der Waals surface area (Å²) in [5.74, 6) is -0.526. The topological polar surface area (TPSA) is 81.4 Å². The van der Waals surface area contributed by atoms with Crippen LogP contribution in [0.15, 0.2) is 6.20 Å². The van der Waals surface area contributed by atoms with Gasteiger partial charge in [-0.25, -0.2) is 4.39 Å². The van der Waals surface area contributed by atoms with E-state index >= 15 is 0 Å². The predicted octanol–water partition coefficient (Wildman–Crippen LogP) is 4.42. The fourth-order valence-corrected chi connectivity index (χ4v) is 4.59. The zero-order valence-corrected chi connectivity index (χ0v) is 20.1. The number of hydrogen-bond acceptors (Lipinski definition) is 4. The van der Waals surface area contributed by atoms with Crippen LogP contribution < -0.4 is 0 Å². The number of aryl methyl sites for hydroxylation is 1. The highest BCUT2D eigenvalue weighted by Crippen LogP contribution is 2.30. The van der Waals surface area contributed by atoms with Crippen molar-refractivity contribution in [2.75, 3.05) is 12.4 Å². The van der Waals surface area contributed by atoms with Gasteiger partial charge in [0.1, 0.15) is 12.5 Å². The molecule has 2 aromatic rings. The Labute approximate surface area is 174 Å². The molecule has 0 amide bonds. The summed E-state index contributed by atoms with van der Waals surface area (Å²) in [4.78, 5) is 4.28. The number of pyridine rings is 1. The standard InChI is InChI=1S/C20H33FN2O4SSi/c1-14(2)11-16-17(21)12-22-19-15(3)18(7-9-28(24,25)26)23(20(16)19)13-27-8-10-29(4,5)6/h12,14H,7-11,13H2,1-6H3,(H,24,25,26). The zero-order valence-electron chi connectivity index (χ0n) is 18.2. The van der Waals surface area contributed by atoms with Crippen molar-refractivity contribution in [1.82, 2.24) is 9.55 Å². The summed E-state index contributed by atoms with van der Waals surface area (Å²) >= 11 is 0. The van der Waals surface area contributed by atoms with Gasteiger partial charge in [0.05, 0.1) is 23.0 Å². The van der Waals surface area contributed by atoms with E-state index in [0.717, 1.165) is 11.6 Å². The van der Waals surface area contributed by atoms with Gasteiger partial charge in [0.15, 0.2) is 0 Å². The van der Waals surface area contributed by atoms with Crippen molar-refractivity contribution in [2.24, 2.45) is 5.92 Å². The molecule has 0 aliphatic carbocycles. The SMILES string of the molecule is Cc1c(CCS(=O)(=O)O)n(COCC[Si](C)(C)C)c2c(CC(C)C)c(F)cnc12. The van der Waals surface area contributed by atoms with Crippen molar-refractivity contribution in [1.29, 1.82) is 0 Å². The monoisotopic (exact) mass is 444 g/mol. The molecule has 2 rings (SSSR count). The van der Waals surface area contributed by atoms with Crippen molar-refractivity contribution in [3.63, 3.8) is 0 Å². The van der Waals surface area contributed by atoms with Crippen LogP contribution in [0.25, 0.3) is 11.0 Å². The van der Waals surface area contributed by atoms with E-state index in [1.807, 2.05) is 25.3 Å². The van der Waals surface area contributed by atoms with E-state index in [1.165, 1.54) is 6.20 Å². The molecular formula is C20H33FN2O4SSi. The van der Waals surface area contributed by atoms with E-state index < -0.39 is 23.9 Å². The van der Waals surface area contributed by atoms with E-state index in [2.05, 4.69) is 24.6 Å². The molecule has 0 atom stereocenters. The van der Waals surface area contributed by atoms with Gasteiger partial charge in [-0.2, -0.15) is 8.42 Å². The Hall–Kier alpha value is -1.29. The lowest BCUT2D eigenvalue weighted by Crippen LogP contribution is -2.22. The molecule has 0 saturated heterocycles. The van der Waals surface area contributed by atoms with Crippen molar-refractivity contribution in [2.45, 2.75) is 66.0 Å². The van der Waals surface area contributed by atoms with Crippen molar-refractivity contribution >= 4 is 29.2 Å². The highest BCUT2D eigenvalue weighted by atomic mass is 32.2. The highest BCUT2D eigenvalue weighted by molar-refractivity contribution is 7.85. The van der Waals surface area contributed by atoms with E-state index in [1.54, 1.807) is 0 Å². The molecule has 2 aromatic heterocycles. The predicted molar refractivity (Wildman–Crippen MR) is 117 cm³/mol. The molecule has 0 bridgehead atoms. The maximum Gasteiger partial charge on any atom is 0.265 e. The molecule has 1 N–H and O–H groups in total. The summed E-state index contributed by atoms with van der Waals surface area (Å²) in [6.45, 7) is 13.5. The highest BCUT2D eigenvalue weighted by Gasteiger charge is 2.22. The van der Waals surface area contributed by atoms with Gasteiger partial charge in [-0.1, -0.05) is 33.5 Å². The second-order valence-corrected chi connectivity index (χ2v) is 16.5. The van der Waals surface area contributed by atoms with Gasteiger partial charge >= 0.3 is 0 Å². The minimum atomic E-state index is -4.12. The van der Waals surface area contributed by atoms with Crippen LogP contribution in [0.3, 0.4) is 0 Å². The molecule has 0 aliphatic rings. The fourth-order valence-electron chi connectivity index (χ4n) is 3.38. The maximum atomic E-state index is 14.7. The van der Waals surface area contributed by atoms with E-state index in [9.17, 15) is 17.4 Å². The van der Waals surface area contributed by atoms with Gasteiger partial charge in [-0.3, -0.25) is 9.54 Å². The molecule has 164 valence electrons. The summed E-state index contributed by atoms with van der Waals surface area (Å²) in [5.41, 5.74) is 3.38. The van der Waals surface area contributed by atoms with E-state index in [4.69, 9.17) is 4.74 Å². The van der Waals surface area contributed by atoms with Gasteiger partial charge in [0, 0.05) is 32.4 Å². The van der Waals surface area contributed by atoms with Crippen LogP contribution in [-0.2, 0) is 34.4 Å². The second-order valence-electron chi connectivity index (χ2n) is 9.26. The molecule has 9 heteroatoms. The Kier molecular flexibility index (Phi) is 7.64. The van der Waals surface area contributed by atoms with Crippen LogP contribution in [0.5, 0.6) is 0 Å². The lowest BCUT2D eigenvalue weighted by Gasteiger charge is -2.18. The van der Waals surface area contributed by atoms with Crippen molar-refractivity contribution in [3.05, 3.63) is 28.8 Å². The van der Waals surface area contributed by atoms with Gasteiger partial charge in [-0.05, 0) is 30.9 Å². The number of ether oxygens (including phenoxy) is 1. The largest absolute Gasteiger partial charge is 0.361 e. The van der Waals surface area contributed by atoms with Crippen LogP contribution in [0.1, 0.15) is 30.7 Å². The first-order valence-corrected chi connectivity index (χ1v) is 15.3. The smallest absolute Gasteiger partial charge is 0.265 e. The van der Waals surface area contributed by atoms with Crippen molar-refractivity contribution in [3.8, 4) is 0 Å². The first-order chi connectivity index (χ1) is 13.3. The number of rotatable bonds is 10. The zero-order chi connectivity index (χ0) is 22.0. The Morgan fingerprint density at radius 1 is 1.31 bits per heavy atom. The number of nitrogens with zero attached hydrogens (tertiary/aromatic N) is 2. The molecule has 2 heterocycles. The normalized spacial score (nSPS) is 13.0. The maximum absolute atomic E-state index is 14.7. The number of fused-ring (bicyclic) bond motifs is 1. The third kappa shape index (κ3) is 6.60. The first-order valence-electron chi connectivity index (χ1n) is 9.98. The second kappa shape index (κ2) is 9.24. The number of halogens is 1. The van der Waals surface area contributed by atoms with Crippen LogP contribution in [0.2, 0.25) is 25.7 Å². The summed E-state index contributed by atoms with van der Waals surface area (Å²) in [6, 6.07) is 0.997. The van der Waals surface area contributed by atoms with Crippen LogP contribution in [0, 0.1) is 18.7 Å². The average Bonchev–Trinajstić information content (AvgIpc) is 2.82. The molecule has 0 spiro atoms. The third-order valence-corrected chi connectivity index (χ3v) is 7.34. The number of hydrogen-bond donors (Lipinski definition) is 1. The molecular weight excluding hydrogens is 411 g/mol. The van der Waals surface area contributed by atoms with E-state index in [-0.39, 0.29) is 24.9 Å². The molecule has 0 aliphatic heterocycles.